The average molecular weight is 601 g/mol. The van der Waals surface area contributed by atoms with Crippen molar-refractivity contribution in [2.75, 3.05) is 13.2 Å². The summed E-state index contributed by atoms with van der Waals surface area (Å²) < 4.78 is 11.8. The van der Waals surface area contributed by atoms with Gasteiger partial charge in [0.1, 0.15) is 13.2 Å². The van der Waals surface area contributed by atoms with Crippen molar-refractivity contribution in [2.45, 2.75) is 38.8 Å². The van der Waals surface area contributed by atoms with Crippen LogP contribution in [0, 0.1) is 0 Å². The minimum absolute atomic E-state index is 0.176. The number of ether oxygens (including phenoxy) is 2. The van der Waals surface area contributed by atoms with Crippen LogP contribution in [-0.4, -0.2) is 36.1 Å². The van der Waals surface area contributed by atoms with E-state index in [9.17, 15) is 0 Å². The van der Waals surface area contributed by atoms with Gasteiger partial charge in [-0.05, 0) is 107 Å². The van der Waals surface area contributed by atoms with Crippen LogP contribution in [0.1, 0.15) is 38.8 Å². The summed E-state index contributed by atoms with van der Waals surface area (Å²) in [7, 11) is 0. The molecule has 0 saturated carbocycles. The molecule has 2 heterocycles. The lowest BCUT2D eigenvalue weighted by Crippen LogP contribution is -2.17. The maximum Gasteiger partial charge on any atom is 0.216 e. The van der Waals surface area contributed by atoms with Crippen LogP contribution in [0.5, 0.6) is 0 Å². The number of benzene rings is 6. The Hall–Kier alpha value is -5.22. The summed E-state index contributed by atoms with van der Waals surface area (Å²) in [6, 6.07) is 43.7. The van der Waals surface area contributed by atoms with Gasteiger partial charge in [0.2, 0.25) is 11.8 Å². The Morgan fingerprint density at radius 2 is 0.696 bits per heavy atom. The smallest absolute Gasteiger partial charge is 0.216 e. The van der Waals surface area contributed by atoms with Crippen molar-refractivity contribution in [3.05, 3.63) is 132 Å². The molecule has 46 heavy (non-hydrogen) atoms. The summed E-state index contributed by atoms with van der Waals surface area (Å²) in [5.41, 5.74) is 8.89. The Morgan fingerprint density at radius 3 is 1.02 bits per heavy atom. The zero-order chi connectivity index (χ0) is 31.5. The van der Waals surface area contributed by atoms with E-state index in [1.807, 2.05) is 0 Å². The molecule has 0 atom stereocenters. The fourth-order valence-corrected chi connectivity index (χ4v) is 6.62. The van der Waals surface area contributed by atoms with Crippen LogP contribution in [0.15, 0.2) is 131 Å². The summed E-state index contributed by atoms with van der Waals surface area (Å²) in [6.45, 7) is 9.61. The number of aliphatic imine (C=N–C) groups is 2. The van der Waals surface area contributed by atoms with Crippen LogP contribution in [0.4, 0.5) is 0 Å². The second-order valence-electron chi connectivity index (χ2n) is 13.6. The summed E-state index contributed by atoms with van der Waals surface area (Å²) >= 11 is 0. The Kier molecular flexibility index (Phi) is 6.57. The second kappa shape index (κ2) is 10.7. The number of rotatable bonds is 5. The van der Waals surface area contributed by atoms with E-state index in [4.69, 9.17) is 19.5 Å². The molecule has 0 N–H and O–H groups in total. The standard InChI is InChI=1S/C42H36N2O2/c1-41(2)25-45-39(43-41)29-17-13-27(14-18-29)31-21-23-37(35-11-7-5-9-33(31)35)38-24-22-32(34-10-6-8-12-36(34)38)28-15-19-30(20-16-28)40-44-42(3,4)26-46-40/h5-24H,25-26H2,1-4H3. The van der Waals surface area contributed by atoms with Crippen molar-refractivity contribution in [1.29, 1.82) is 0 Å². The van der Waals surface area contributed by atoms with Gasteiger partial charge < -0.3 is 9.47 Å². The second-order valence-corrected chi connectivity index (χ2v) is 13.6. The molecule has 0 saturated heterocycles. The highest BCUT2D eigenvalue weighted by atomic mass is 16.5. The average Bonchev–Trinajstić information content (AvgIpc) is 3.64. The van der Waals surface area contributed by atoms with E-state index in [-0.39, 0.29) is 11.1 Å². The molecule has 4 nitrogen and oxygen atoms in total. The van der Waals surface area contributed by atoms with Gasteiger partial charge in [0, 0.05) is 11.1 Å². The zero-order valence-electron chi connectivity index (χ0n) is 26.7. The molecule has 2 aliphatic rings. The Morgan fingerprint density at radius 1 is 0.391 bits per heavy atom. The zero-order valence-corrected chi connectivity index (χ0v) is 26.7. The van der Waals surface area contributed by atoms with Crippen molar-refractivity contribution >= 4 is 33.3 Å². The van der Waals surface area contributed by atoms with Crippen LogP contribution >= 0.6 is 0 Å². The minimum Gasteiger partial charge on any atom is -0.475 e. The summed E-state index contributed by atoms with van der Waals surface area (Å²) in [5, 5.41) is 4.92. The first-order valence-corrected chi connectivity index (χ1v) is 16.0. The first-order valence-electron chi connectivity index (χ1n) is 16.0. The molecule has 0 unspecified atom stereocenters. The molecule has 0 aromatic heterocycles. The minimum atomic E-state index is -0.176. The van der Waals surface area contributed by atoms with Gasteiger partial charge >= 0.3 is 0 Å². The van der Waals surface area contributed by atoms with Gasteiger partial charge in [0.25, 0.3) is 0 Å². The van der Waals surface area contributed by atoms with E-state index < -0.39 is 0 Å². The van der Waals surface area contributed by atoms with Gasteiger partial charge in [-0.3, -0.25) is 0 Å². The van der Waals surface area contributed by atoms with Gasteiger partial charge in [-0.15, -0.1) is 0 Å². The third-order valence-corrected chi connectivity index (χ3v) is 8.96. The fourth-order valence-electron chi connectivity index (χ4n) is 6.62. The lowest BCUT2D eigenvalue weighted by Gasteiger charge is -2.16. The third-order valence-electron chi connectivity index (χ3n) is 8.96. The van der Waals surface area contributed by atoms with E-state index in [0.717, 1.165) is 22.9 Å². The number of hydrogen-bond donors (Lipinski definition) is 0. The van der Waals surface area contributed by atoms with Gasteiger partial charge in [-0.2, -0.15) is 0 Å². The monoisotopic (exact) mass is 600 g/mol. The van der Waals surface area contributed by atoms with E-state index in [0.29, 0.717) is 13.2 Å². The van der Waals surface area contributed by atoms with Crippen LogP contribution in [0.2, 0.25) is 0 Å². The largest absolute Gasteiger partial charge is 0.475 e. The van der Waals surface area contributed by atoms with Crippen LogP contribution in [0.3, 0.4) is 0 Å². The lowest BCUT2D eigenvalue weighted by atomic mass is 9.88. The van der Waals surface area contributed by atoms with Crippen LogP contribution in [0.25, 0.3) is 54.9 Å². The first-order chi connectivity index (χ1) is 22.2. The molecule has 0 amide bonds. The topological polar surface area (TPSA) is 43.2 Å². The third kappa shape index (κ3) is 5.04. The van der Waals surface area contributed by atoms with E-state index in [1.165, 1.54) is 54.9 Å². The Labute approximate surface area is 270 Å². The van der Waals surface area contributed by atoms with Gasteiger partial charge in [-0.25, -0.2) is 9.98 Å². The number of nitrogens with zero attached hydrogens (tertiary/aromatic N) is 2. The first kappa shape index (κ1) is 28.3. The van der Waals surface area contributed by atoms with Gasteiger partial charge in [0.05, 0.1) is 11.1 Å². The Bertz CT molecular complexity index is 2030. The maximum atomic E-state index is 5.88. The van der Waals surface area contributed by atoms with E-state index in [2.05, 4.69) is 149 Å². The highest BCUT2D eigenvalue weighted by Gasteiger charge is 2.28. The predicted molar refractivity (Wildman–Crippen MR) is 191 cm³/mol. The molecule has 4 heteroatoms. The summed E-state index contributed by atoms with van der Waals surface area (Å²) in [6.07, 6.45) is 0. The molecular weight excluding hydrogens is 564 g/mol. The normalized spacial score (nSPS) is 16.6. The Balaban J connectivity index is 1.18. The molecule has 0 bridgehead atoms. The fraction of sp³-hybridized carbons (Fsp3) is 0.190. The quantitative estimate of drug-likeness (QED) is 0.198. The molecule has 0 spiro atoms. The van der Waals surface area contributed by atoms with E-state index >= 15 is 0 Å². The molecule has 0 aliphatic carbocycles. The predicted octanol–water partition coefficient (Wildman–Crippen LogP) is 10.1. The number of hydrogen-bond acceptors (Lipinski definition) is 4. The molecule has 6 aromatic carbocycles. The summed E-state index contributed by atoms with van der Waals surface area (Å²) in [5.74, 6) is 1.45. The van der Waals surface area contributed by atoms with Crippen molar-refractivity contribution in [2.24, 2.45) is 9.98 Å². The van der Waals surface area contributed by atoms with E-state index in [1.54, 1.807) is 0 Å². The summed E-state index contributed by atoms with van der Waals surface area (Å²) in [4.78, 5) is 9.50. The molecular formula is C42H36N2O2. The SMILES string of the molecule is CC1(C)COC(c2ccc(-c3ccc(-c4ccc(-c5ccc(C6=NC(C)(C)CO6)cc5)c5ccccc45)c4ccccc34)cc2)=N1. The van der Waals surface area contributed by atoms with Crippen molar-refractivity contribution in [3.63, 3.8) is 0 Å². The molecule has 6 aromatic rings. The molecule has 226 valence electrons. The number of fused-ring (bicyclic) bond motifs is 2. The molecule has 0 radical (unpaired) electrons. The van der Waals surface area contributed by atoms with Crippen LogP contribution in [-0.2, 0) is 9.47 Å². The lowest BCUT2D eigenvalue weighted by molar-refractivity contribution is 0.279. The highest BCUT2D eigenvalue weighted by molar-refractivity contribution is 6.12. The van der Waals surface area contributed by atoms with Crippen molar-refractivity contribution < 1.29 is 9.47 Å². The van der Waals surface area contributed by atoms with Gasteiger partial charge in [0.15, 0.2) is 0 Å². The van der Waals surface area contributed by atoms with Crippen molar-refractivity contribution in [1.82, 2.24) is 0 Å². The molecule has 8 rings (SSSR count). The molecule has 2 aliphatic heterocycles. The highest BCUT2D eigenvalue weighted by Crippen LogP contribution is 2.41. The molecule has 0 fully saturated rings. The maximum absolute atomic E-state index is 5.88. The van der Waals surface area contributed by atoms with Crippen LogP contribution < -0.4 is 0 Å². The van der Waals surface area contributed by atoms with Crippen molar-refractivity contribution in [3.8, 4) is 33.4 Å². The van der Waals surface area contributed by atoms with Gasteiger partial charge in [-0.1, -0.05) is 97.1 Å².